The molecule has 0 fully saturated rings. The van der Waals surface area contributed by atoms with E-state index >= 15 is 0 Å². The molecule has 0 aromatic heterocycles. The van der Waals surface area contributed by atoms with Crippen LogP contribution in [0.1, 0.15) is 18.0 Å². The zero-order valence-corrected chi connectivity index (χ0v) is 11.2. The lowest BCUT2D eigenvalue weighted by molar-refractivity contribution is -0.137. The highest BCUT2D eigenvalue weighted by atomic mass is 16.5. The smallest absolute Gasteiger partial charge is 0.305 e. The summed E-state index contributed by atoms with van der Waals surface area (Å²) in [5, 5.41) is 8.80. The van der Waals surface area contributed by atoms with Crippen molar-refractivity contribution in [1.29, 1.82) is 0 Å². The summed E-state index contributed by atoms with van der Waals surface area (Å²) < 4.78 is 5.13. The zero-order valence-electron chi connectivity index (χ0n) is 11.2. The lowest BCUT2D eigenvalue weighted by atomic mass is 9.98. The molecule has 0 aliphatic carbocycles. The van der Waals surface area contributed by atoms with Gasteiger partial charge in [-0.05, 0) is 34.9 Å². The molecule has 0 unspecified atom stereocenters. The van der Waals surface area contributed by atoms with Crippen molar-refractivity contribution in [2.75, 3.05) is 7.11 Å². The van der Waals surface area contributed by atoms with Crippen molar-refractivity contribution >= 4 is 5.97 Å². The number of rotatable bonds is 5. The summed E-state index contributed by atoms with van der Waals surface area (Å²) in [7, 11) is 1.63. The van der Waals surface area contributed by atoms with E-state index < -0.39 is 12.0 Å². The standard InChI is InChI=1S/C16H17NO3/c1-20-14-7-5-11(6-8-14)12-3-2-4-13(9-12)15(17)10-16(18)19/h2-9,15H,10,17H2,1H3,(H,18,19)/t15-/m0/s1. The molecule has 3 N–H and O–H groups in total. The minimum Gasteiger partial charge on any atom is -0.497 e. The second-order valence-corrected chi connectivity index (χ2v) is 4.56. The fraction of sp³-hybridized carbons (Fsp3) is 0.188. The van der Waals surface area contributed by atoms with Crippen molar-refractivity contribution in [3.8, 4) is 16.9 Å². The molecule has 104 valence electrons. The maximum atomic E-state index is 10.7. The molecule has 20 heavy (non-hydrogen) atoms. The van der Waals surface area contributed by atoms with Crippen LogP contribution >= 0.6 is 0 Å². The van der Waals surface area contributed by atoms with E-state index in [0.717, 1.165) is 22.4 Å². The van der Waals surface area contributed by atoms with Gasteiger partial charge in [0.25, 0.3) is 0 Å². The van der Waals surface area contributed by atoms with Gasteiger partial charge in [-0.1, -0.05) is 30.3 Å². The Bertz CT molecular complexity index is 593. The average Bonchev–Trinajstić information content (AvgIpc) is 2.47. The maximum absolute atomic E-state index is 10.7. The van der Waals surface area contributed by atoms with Crippen LogP contribution in [0.3, 0.4) is 0 Å². The minimum atomic E-state index is -0.896. The number of hydrogen-bond donors (Lipinski definition) is 2. The van der Waals surface area contributed by atoms with Crippen LogP contribution in [-0.4, -0.2) is 18.2 Å². The maximum Gasteiger partial charge on any atom is 0.305 e. The number of carboxylic acid groups (broad SMARTS) is 1. The third kappa shape index (κ3) is 3.36. The van der Waals surface area contributed by atoms with Crippen molar-refractivity contribution in [3.05, 3.63) is 54.1 Å². The molecule has 0 amide bonds. The van der Waals surface area contributed by atoms with Crippen LogP contribution in [0.25, 0.3) is 11.1 Å². The highest BCUT2D eigenvalue weighted by molar-refractivity contribution is 5.69. The number of carboxylic acids is 1. The van der Waals surface area contributed by atoms with E-state index in [1.807, 2.05) is 48.5 Å². The van der Waals surface area contributed by atoms with Crippen LogP contribution in [0.15, 0.2) is 48.5 Å². The molecule has 4 nitrogen and oxygen atoms in total. The lowest BCUT2D eigenvalue weighted by Gasteiger charge is -2.11. The Labute approximate surface area is 117 Å². The number of benzene rings is 2. The third-order valence-electron chi connectivity index (χ3n) is 3.13. The molecule has 4 heteroatoms. The van der Waals surface area contributed by atoms with Crippen molar-refractivity contribution in [2.45, 2.75) is 12.5 Å². The number of ether oxygens (including phenoxy) is 1. The fourth-order valence-electron chi connectivity index (χ4n) is 2.04. The van der Waals surface area contributed by atoms with Gasteiger partial charge in [0, 0.05) is 6.04 Å². The average molecular weight is 271 g/mol. The Morgan fingerprint density at radius 3 is 2.50 bits per heavy atom. The Balaban J connectivity index is 2.26. The molecular formula is C16H17NO3. The molecule has 0 saturated carbocycles. The minimum absolute atomic E-state index is 0.0773. The molecule has 0 aliphatic heterocycles. The summed E-state index contributed by atoms with van der Waals surface area (Å²) in [6, 6.07) is 14.8. The molecule has 1 atom stereocenters. The third-order valence-corrected chi connectivity index (χ3v) is 3.13. The van der Waals surface area contributed by atoms with Gasteiger partial charge in [0.2, 0.25) is 0 Å². The largest absolute Gasteiger partial charge is 0.497 e. The quantitative estimate of drug-likeness (QED) is 0.877. The Kier molecular flexibility index (Phi) is 4.38. The topological polar surface area (TPSA) is 72.5 Å². The molecule has 0 bridgehead atoms. The van der Waals surface area contributed by atoms with Gasteiger partial charge in [-0.2, -0.15) is 0 Å². The molecular weight excluding hydrogens is 254 g/mol. The van der Waals surface area contributed by atoms with Crippen molar-refractivity contribution < 1.29 is 14.6 Å². The normalized spacial score (nSPS) is 11.9. The highest BCUT2D eigenvalue weighted by Crippen LogP contribution is 2.25. The van der Waals surface area contributed by atoms with Gasteiger partial charge in [0.15, 0.2) is 0 Å². The monoisotopic (exact) mass is 271 g/mol. The molecule has 2 aromatic rings. The van der Waals surface area contributed by atoms with Gasteiger partial charge in [0.1, 0.15) is 5.75 Å². The zero-order chi connectivity index (χ0) is 14.5. The first kappa shape index (κ1) is 14.1. The fourth-order valence-corrected chi connectivity index (χ4v) is 2.04. The Morgan fingerprint density at radius 2 is 1.90 bits per heavy atom. The summed E-state index contributed by atoms with van der Waals surface area (Å²) in [5.74, 6) is -0.0974. The van der Waals surface area contributed by atoms with E-state index in [1.54, 1.807) is 7.11 Å². The summed E-state index contributed by atoms with van der Waals surface area (Å²) in [4.78, 5) is 10.7. The SMILES string of the molecule is COc1ccc(-c2cccc([C@@H](N)CC(=O)O)c2)cc1. The van der Waals surface area contributed by atoms with Crippen LogP contribution < -0.4 is 10.5 Å². The summed E-state index contributed by atoms with van der Waals surface area (Å²) in [6.45, 7) is 0. The molecule has 0 aliphatic rings. The van der Waals surface area contributed by atoms with Gasteiger partial charge in [-0.25, -0.2) is 0 Å². The molecule has 0 heterocycles. The number of nitrogens with two attached hydrogens (primary N) is 1. The van der Waals surface area contributed by atoms with Gasteiger partial charge in [0.05, 0.1) is 13.5 Å². The van der Waals surface area contributed by atoms with Crippen LogP contribution in [0.4, 0.5) is 0 Å². The Morgan fingerprint density at radius 1 is 1.20 bits per heavy atom. The van der Waals surface area contributed by atoms with Crippen LogP contribution in [0, 0.1) is 0 Å². The molecule has 0 spiro atoms. The van der Waals surface area contributed by atoms with E-state index in [1.165, 1.54) is 0 Å². The number of aliphatic carboxylic acids is 1. The van der Waals surface area contributed by atoms with Gasteiger partial charge < -0.3 is 15.6 Å². The summed E-state index contributed by atoms with van der Waals surface area (Å²) in [6.07, 6.45) is -0.0773. The Hall–Kier alpha value is -2.33. The summed E-state index contributed by atoms with van der Waals surface area (Å²) >= 11 is 0. The van der Waals surface area contributed by atoms with Crippen molar-refractivity contribution in [2.24, 2.45) is 5.73 Å². The van der Waals surface area contributed by atoms with Gasteiger partial charge in [-0.3, -0.25) is 4.79 Å². The molecule has 0 saturated heterocycles. The first-order valence-corrected chi connectivity index (χ1v) is 6.32. The number of hydrogen-bond acceptors (Lipinski definition) is 3. The van der Waals surface area contributed by atoms with Crippen LogP contribution in [-0.2, 0) is 4.79 Å². The first-order valence-electron chi connectivity index (χ1n) is 6.32. The van der Waals surface area contributed by atoms with Crippen LogP contribution in [0.5, 0.6) is 5.75 Å². The predicted octanol–water partition coefficient (Wildman–Crippen LogP) is 2.84. The highest BCUT2D eigenvalue weighted by Gasteiger charge is 2.11. The van der Waals surface area contributed by atoms with Gasteiger partial charge >= 0.3 is 5.97 Å². The molecule has 0 radical (unpaired) electrons. The van der Waals surface area contributed by atoms with E-state index in [4.69, 9.17) is 15.6 Å². The second kappa shape index (κ2) is 6.21. The second-order valence-electron chi connectivity index (χ2n) is 4.56. The van der Waals surface area contributed by atoms with E-state index in [0.29, 0.717) is 0 Å². The lowest BCUT2D eigenvalue weighted by Crippen LogP contribution is -2.14. The molecule has 2 aromatic carbocycles. The predicted molar refractivity (Wildman–Crippen MR) is 77.6 cm³/mol. The number of carbonyl (C=O) groups is 1. The van der Waals surface area contributed by atoms with E-state index in [9.17, 15) is 4.79 Å². The van der Waals surface area contributed by atoms with Crippen LogP contribution in [0.2, 0.25) is 0 Å². The van der Waals surface area contributed by atoms with E-state index in [-0.39, 0.29) is 6.42 Å². The summed E-state index contributed by atoms with van der Waals surface area (Å²) in [5.41, 5.74) is 8.75. The molecule has 2 rings (SSSR count). The number of methoxy groups -OCH3 is 1. The van der Waals surface area contributed by atoms with Crippen molar-refractivity contribution in [1.82, 2.24) is 0 Å². The van der Waals surface area contributed by atoms with Gasteiger partial charge in [-0.15, -0.1) is 0 Å². The van der Waals surface area contributed by atoms with Crippen molar-refractivity contribution in [3.63, 3.8) is 0 Å². The first-order chi connectivity index (χ1) is 9.60. The van der Waals surface area contributed by atoms with E-state index in [2.05, 4.69) is 0 Å².